The normalized spacial score (nSPS) is 10.8. The van der Waals surface area contributed by atoms with E-state index in [1.807, 2.05) is 25.1 Å². The Labute approximate surface area is 115 Å². The molecule has 0 aliphatic heterocycles. The van der Waals surface area contributed by atoms with Crippen LogP contribution in [0.1, 0.15) is 5.56 Å². The van der Waals surface area contributed by atoms with Crippen LogP contribution in [0.15, 0.2) is 53.5 Å². The van der Waals surface area contributed by atoms with E-state index in [9.17, 15) is 4.79 Å². The lowest BCUT2D eigenvalue weighted by atomic mass is 10.1. The SMILES string of the molecule is Cc1ccc2cnn(-c3ccc(Cl)cc3)c(=O)c2c1. The Bertz CT molecular complexity index is 806. The van der Waals surface area contributed by atoms with Gasteiger partial charge >= 0.3 is 0 Å². The van der Waals surface area contributed by atoms with Gasteiger partial charge < -0.3 is 0 Å². The van der Waals surface area contributed by atoms with E-state index in [0.717, 1.165) is 10.9 Å². The van der Waals surface area contributed by atoms with E-state index in [4.69, 9.17) is 11.6 Å². The zero-order valence-corrected chi connectivity index (χ0v) is 11.1. The van der Waals surface area contributed by atoms with Crippen molar-refractivity contribution in [1.82, 2.24) is 9.78 Å². The van der Waals surface area contributed by atoms with Crippen molar-refractivity contribution < 1.29 is 0 Å². The number of aromatic nitrogens is 2. The first-order valence-electron chi connectivity index (χ1n) is 5.90. The van der Waals surface area contributed by atoms with Crippen LogP contribution in [0.5, 0.6) is 0 Å². The lowest BCUT2D eigenvalue weighted by Gasteiger charge is -2.06. The van der Waals surface area contributed by atoms with Crippen molar-refractivity contribution in [3.8, 4) is 5.69 Å². The second-order valence-electron chi connectivity index (χ2n) is 4.43. The highest BCUT2D eigenvalue weighted by molar-refractivity contribution is 6.30. The number of benzene rings is 2. The van der Waals surface area contributed by atoms with E-state index < -0.39 is 0 Å². The molecule has 3 aromatic rings. The largest absolute Gasteiger partial charge is 0.279 e. The molecular weight excluding hydrogens is 260 g/mol. The molecule has 0 atom stereocenters. The lowest BCUT2D eigenvalue weighted by molar-refractivity contribution is 0.821. The summed E-state index contributed by atoms with van der Waals surface area (Å²) in [5.41, 5.74) is 1.64. The van der Waals surface area contributed by atoms with E-state index in [1.165, 1.54) is 4.68 Å². The van der Waals surface area contributed by atoms with Crippen LogP contribution in [0, 0.1) is 6.92 Å². The van der Waals surface area contributed by atoms with Gasteiger partial charge in [0.15, 0.2) is 0 Å². The van der Waals surface area contributed by atoms with Crippen LogP contribution in [-0.2, 0) is 0 Å². The van der Waals surface area contributed by atoms with Crippen LogP contribution in [0.3, 0.4) is 0 Å². The first kappa shape index (κ1) is 11.9. The summed E-state index contributed by atoms with van der Waals surface area (Å²) in [4.78, 5) is 12.4. The minimum absolute atomic E-state index is 0.122. The van der Waals surface area contributed by atoms with Crippen molar-refractivity contribution in [3.63, 3.8) is 0 Å². The van der Waals surface area contributed by atoms with Crippen molar-refractivity contribution in [2.24, 2.45) is 0 Å². The summed E-state index contributed by atoms with van der Waals surface area (Å²) in [7, 11) is 0. The van der Waals surface area contributed by atoms with Gasteiger partial charge in [0.05, 0.1) is 17.3 Å². The zero-order valence-electron chi connectivity index (χ0n) is 10.3. The van der Waals surface area contributed by atoms with Crippen molar-refractivity contribution in [2.75, 3.05) is 0 Å². The molecule has 0 radical (unpaired) electrons. The molecule has 0 bridgehead atoms. The lowest BCUT2D eigenvalue weighted by Crippen LogP contribution is -2.20. The van der Waals surface area contributed by atoms with Crippen LogP contribution >= 0.6 is 11.6 Å². The van der Waals surface area contributed by atoms with Crippen LogP contribution in [0.25, 0.3) is 16.5 Å². The molecule has 0 aliphatic rings. The fraction of sp³-hybridized carbons (Fsp3) is 0.0667. The third kappa shape index (κ3) is 2.13. The first-order valence-corrected chi connectivity index (χ1v) is 6.27. The van der Waals surface area contributed by atoms with Gasteiger partial charge in [0.2, 0.25) is 0 Å². The molecule has 94 valence electrons. The number of hydrogen-bond acceptors (Lipinski definition) is 2. The Kier molecular flexibility index (Phi) is 2.84. The summed E-state index contributed by atoms with van der Waals surface area (Å²) in [6.45, 7) is 1.96. The summed E-state index contributed by atoms with van der Waals surface area (Å²) in [5, 5.41) is 6.35. The van der Waals surface area contributed by atoms with Crippen LogP contribution in [0.2, 0.25) is 5.02 Å². The molecule has 3 rings (SSSR count). The average molecular weight is 271 g/mol. The molecule has 0 N–H and O–H groups in total. The molecule has 0 amide bonds. The highest BCUT2D eigenvalue weighted by Gasteiger charge is 2.06. The molecule has 0 fully saturated rings. The van der Waals surface area contributed by atoms with Gasteiger partial charge in [-0.2, -0.15) is 9.78 Å². The smallest absolute Gasteiger partial charge is 0.267 e. The van der Waals surface area contributed by atoms with E-state index in [0.29, 0.717) is 16.1 Å². The maximum atomic E-state index is 12.4. The molecule has 1 heterocycles. The van der Waals surface area contributed by atoms with E-state index in [-0.39, 0.29) is 5.56 Å². The Morgan fingerprint density at radius 1 is 1.11 bits per heavy atom. The number of hydrogen-bond donors (Lipinski definition) is 0. The summed E-state index contributed by atoms with van der Waals surface area (Å²) in [5.74, 6) is 0. The molecule has 19 heavy (non-hydrogen) atoms. The third-order valence-electron chi connectivity index (χ3n) is 3.02. The fourth-order valence-corrected chi connectivity index (χ4v) is 2.15. The first-order chi connectivity index (χ1) is 9.15. The highest BCUT2D eigenvalue weighted by Crippen LogP contribution is 2.14. The van der Waals surface area contributed by atoms with Gasteiger partial charge in [-0.25, -0.2) is 0 Å². The van der Waals surface area contributed by atoms with Gasteiger partial charge in [0.1, 0.15) is 0 Å². The van der Waals surface area contributed by atoms with Crippen molar-refractivity contribution in [1.29, 1.82) is 0 Å². The summed E-state index contributed by atoms with van der Waals surface area (Å²) >= 11 is 5.85. The number of rotatable bonds is 1. The van der Waals surface area contributed by atoms with Crippen LogP contribution in [-0.4, -0.2) is 9.78 Å². The number of halogens is 1. The second-order valence-corrected chi connectivity index (χ2v) is 4.87. The predicted octanol–water partition coefficient (Wildman–Crippen LogP) is 3.35. The molecule has 0 unspecified atom stereocenters. The maximum Gasteiger partial charge on any atom is 0.279 e. The monoisotopic (exact) mass is 270 g/mol. The Morgan fingerprint density at radius 3 is 2.58 bits per heavy atom. The highest BCUT2D eigenvalue weighted by atomic mass is 35.5. The van der Waals surface area contributed by atoms with E-state index in [2.05, 4.69) is 5.10 Å². The molecule has 1 aromatic heterocycles. The molecular formula is C15H11ClN2O. The minimum Gasteiger partial charge on any atom is -0.267 e. The molecule has 0 spiro atoms. The van der Waals surface area contributed by atoms with Gasteiger partial charge in [-0.3, -0.25) is 4.79 Å². The maximum absolute atomic E-state index is 12.4. The van der Waals surface area contributed by atoms with E-state index >= 15 is 0 Å². The fourth-order valence-electron chi connectivity index (χ4n) is 2.02. The summed E-state index contributed by atoms with van der Waals surface area (Å²) < 4.78 is 1.39. The minimum atomic E-state index is -0.122. The van der Waals surface area contributed by atoms with Crippen LogP contribution in [0.4, 0.5) is 0 Å². The molecule has 3 nitrogen and oxygen atoms in total. The molecule has 4 heteroatoms. The number of nitrogens with zero attached hydrogens (tertiary/aromatic N) is 2. The van der Waals surface area contributed by atoms with Gasteiger partial charge in [0, 0.05) is 10.4 Å². The van der Waals surface area contributed by atoms with Crippen molar-refractivity contribution >= 4 is 22.4 Å². The molecule has 0 saturated carbocycles. The third-order valence-corrected chi connectivity index (χ3v) is 3.27. The van der Waals surface area contributed by atoms with Gasteiger partial charge in [-0.05, 0) is 37.3 Å². The Morgan fingerprint density at radius 2 is 1.84 bits per heavy atom. The van der Waals surface area contributed by atoms with E-state index in [1.54, 1.807) is 30.5 Å². The zero-order chi connectivity index (χ0) is 13.4. The summed E-state index contributed by atoms with van der Waals surface area (Å²) in [6, 6.07) is 12.8. The molecule has 0 saturated heterocycles. The number of fused-ring (bicyclic) bond motifs is 1. The van der Waals surface area contributed by atoms with Crippen LogP contribution < -0.4 is 5.56 Å². The van der Waals surface area contributed by atoms with Crippen molar-refractivity contribution in [2.45, 2.75) is 6.92 Å². The van der Waals surface area contributed by atoms with Gasteiger partial charge in [0.25, 0.3) is 5.56 Å². The average Bonchev–Trinajstić information content (AvgIpc) is 2.41. The standard InChI is InChI=1S/C15H11ClN2O/c1-10-2-3-11-9-17-18(15(19)14(11)8-10)13-6-4-12(16)5-7-13/h2-9H,1H3. The topological polar surface area (TPSA) is 34.9 Å². The quantitative estimate of drug-likeness (QED) is 0.680. The Hall–Kier alpha value is -2.13. The molecule has 2 aromatic carbocycles. The second kappa shape index (κ2) is 4.52. The Balaban J connectivity index is 2.28. The van der Waals surface area contributed by atoms with Gasteiger partial charge in [-0.15, -0.1) is 0 Å². The summed E-state index contributed by atoms with van der Waals surface area (Å²) in [6.07, 6.45) is 1.70. The number of aryl methyl sites for hydroxylation is 1. The molecule has 0 aliphatic carbocycles. The predicted molar refractivity (Wildman–Crippen MR) is 77.1 cm³/mol. The van der Waals surface area contributed by atoms with Gasteiger partial charge in [-0.1, -0.05) is 29.3 Å². The van der Waals surface area contributed by atoms with Crippen molar-refractivity contribution in [3.05, 3.63) is 69.6 Å².